The van der Waals surface area contributed by atoms with E-state index in [0.29, 0.717) is 0 Å². The van der Waals surface area contributed by atoms with E-state index in [1.165, 1.54) is 11.1 Å². The second-order valence-electron chi connectivity index (χ2n) is 3.63. The fourth-order valence-corrected chi connectivity index (χ4v) is 1.50. The normalized spacial score (nSPS) is 12.8. The molecular weight excluding hydrogens is 172 g/mol. The van der Waals surface area contributed by atoms with Crippen LogP contribution in [0.5, 0.6) is 0 Å². The zero-order chi connectivity index (χ0) is 10.4. The van der Waals surface area contributed by atoms with Crippen LogP contribution < -0.4 is 11.5 Å². The molecule has 0 spiro atoms. The maximum absolute atomic E-state index is 6.02. The Bertz CT molecular complexity index is 254. The van der Waals surface area contributed by atoms with Crippen molar-refractivity contribution in [3.63, 3.8) is 0 Å². The number of rotatable bonds is 5. The highest BCUT2D eigenvalue weighted by Crippen LogP contribution is 2.16. The highest BCUT2D eigenvalue weighted by Gasteiger charge is 2.04. The molecule has 14 heavy (non-hydrogen) atoms. The molecule has 0 aromatic heterocycles. The highest BCUT2D eigenvalue weighted by molar-refractivity contribution is 5.24. The fraction of sp³-hybridized carbons (Fsp3) is 0.500. The minimum absolute atomic E-state index is 0.143. The Morgan fingerprint density at radius 2 is 1.86 bits per heavy atom. The van der Waals surface area contributed by atoms with Crippen LogP contribution in [0.15, 0.2) is 24.3 Å². The van der Waals surface area contributed by atoms with Crippen molar-refractivity contribution < 1.29 is 0 Å². The quantitative estimate of drug-likeness (QED) is 0.749. The molecule has 1 aromatic rings. The van der Waals surface area contributed by atoms with Gasteiger partial charge in [0.15, 0.2) is 0 Å². The van der Waals surface area contributed by atoms with Crippen LogP contribution in [-0.2, 0) is 6.42 Å². The van der Waals surface area contributed by atoms with Gasteiger partial charge in [0.25, 0.3) is 0 Å². The lowest BCUT2D eigenvalue weighted by Gasteiger charge is -2.11. The van der Waals surface area contributed by atoms with Gasteiger partial charge < -0.3 is 11.5 Å². The molecule has 4 N–H and O–H groups in total. The van der Waals surface area contributed by atoms with E-state index in [0.717, 1.165) is 25.8 Å². The molecule has 0 unspecified atom stereocenters. The standard InChI is InChI=1S/C12H20N2/c1-2-10-5-7-11(8-6-10)12(14)4-3-9-13/h5-8,12H,2-4,9,13-14H2,1H3/t12-/m0/s1. The largest absolute Gasteiger partial charge is 0.330 e. The predicted octanol–water partition coefficient (Wildman–Crippen LogP) is 1.99. The summed E-state index contributed by atoms with van der Waals surface area (Å²) in [6, 6.07) is 8.69. The fourth-order valence-electron chi connectivity index (χ4n) is 1.50. The van der Waals surface area contributed by atoms with Crippen LogP contribution >= 0.6 is 0 Å². The van der Waals surface area contributed by atoms with E-state index in [2.05, 4.69) is 31.2 Å². The van der Waals surface area contributed by atoms with E-state index in [9.17, 15) is 0 Å². The Balaban J connectivity index is 2.57. The van der Waals surface area contributed by atoms with E-state index in [-0.39, 0.29) is 6.04 Å². The van der Waals surface area contributed by atoms with Crippen molar-refractivity contribution in [1.82, 2.24) is 0 Å². The minimum atomic E-state index is 0.143. The first-order valence-corrected chi connectivity index (χ1v) is 5.32. The molecule has 0 saturated heterocycles. The van der Waals surface area contributed by atoms with Crippen molar-refractivity contribution in [2.24, 2.45) is 11.5 Å². The number of nitrogens with two attached hydrogens (primary N) is 2. The van der Waals surface area contributed by atoms with Gasteiger partial charge in [-0.1, -0.05) is 31.2 Å². The first kappa shape index (κ1) is 11.2. The molecule has 0 amide bonds. The van der Waals surface area contributed by atoms with Crippen LogP contribution in [-0.4, -0.2) is 6.54 Å². The topological polar surface area (TPSA) is 52.0 Å². The van der Waals surface area contributed by atoms with Gasteiger partial charge in [0.2, 0.25) is 0 Å². The van der Waals surface area contributed by atoms with Crippen molar-refractivity contribution in [3.05, 3.63) is 35.4 Å². The number of aryl methyl sites for hydroxylation is 1. The van der Waals surface area contributed by atoms with Crippen molar-refractivity contribution >= 4 is 0 Å². The van der Waals surface area contributed by atoms with Gasteiger partial charge in [0.1, 0.15) is 0 Å². The van der Waals surface area contributed by atoms with Gasteiger partial charge in [-0.15, -0.1) is 0 Å². The molecule has 0 aliphatic carbocycles. The van der Waals surface area contributed by atoms with Crippen LogP contribution in [0.4, 0.5) is 0 Å². The predicted molar refractivity (Wildman–Crippen MR) is 61.0 cm³/mol. The summed E-state index contributed by atoms with van der Waals surface area (Å²) in [5.74, 6) is 0. The Kier molecular flexibility index (Phi) is 4.63. The first-order valence-electron chi connectivity index (χ1n) is 5.32. The second-order valence-corrected chi connectivity index (χ2v) is 3.63. The lowest BCUT2D eigenvalue weighted by molar-refractivity contribution is 0.618. The van der Waals surface area contributed by atoms with Gasteiger partial charge in [-0.3, -0.25) is 0 Å². The summed E-state index contributed by atoms with van der Waals surface area (Å²) in [5, 5.41) is 0. The summed E-state index contributed by atoms with van der Waals surface area (Å²) in [6.07, 6.45) is 3.05. The maximum atomic E-state index is 6.02. The average molecular weight is 192 g/mol. The summed E-state index contributed by atoms with van der Waals surface area (Å²) < 4.78 is 0. The Morgan fingerprint density at radius 1 is 1.21 bits per heavy atom. The van der Waals surface area contributed by atoms with Gasteiger partial charge >= 0.3 is 0 Å². The number of hydrogen-bond donors (Lipinski definition) is 2. The van der Waals surface area contributed by atoms with E-state index < -0.39 is 0 Å². The average Bonchev–Trinajstić information content (AvgIpc) is 2.26. The maximum Gasteiger partial charge on any atom is 0.0295 e. The van der Waals surface area contributed by atoms with Crippen molar-refractivity contribution in [2.75, 3.05) is 6.54 Å². The van der Waals surface area contributed by atoms with Gasteiger partial charge in [-0.25, -0.2) is 0 Å². The molecule has 0 saturated carbocycles. The van der Waals surface area contributed by atoms with Gasteiger partial charge in [-0.05, 0) is 36.9 Å². The molecule has 0 aliphatic rings. The summed E-state index contributed by atoms with van der Waals surface area (Å²) in [7, 11) is 0. The van der Waals surface area contributed by atoms with Crippen molar-refractivity contribution in [2.45, 2.75) is 32.2 Å². The highest BCUT2D eigenvalue weighted by atomic mass is 14.6. The first-order chi connectivity index (χ1) is 6.77. The molecule has 0 bridgehead atoms. The molecule has 0 radical (unpaired) electrons. The third kappa shape index (κ3) is 3.13. The summed E-state index contributed by atoms with van der Waals surface area (Å²) in [6.45, 7) is 2.88. The van der Waals surface area contributed by atoms with E-state index in [4.69, 9.17) is 11.5 Å². The van der Waals surface area contributed by atoms with E-state index in [1.54, 1.807) is 0 Å². The molecule has 1 aromatic carbocycles. The van der Waals surface area contributed by atoms with E-state index in [1.807, 2.05) is 0 Å². The monoisotopic (exact) mass is 192 g/mol. The molecule has 0 heterocycles. The molecule has 2 nitrogen and oxygen atoms in total. The summed E-state index contributed by atoms with van der Waals surface area (Å²) in [5.41, 5.74) is 14.0. The lowest BCUT2D eigenvalue weighted by Crippen LogP contribution is -2.12. The second kappa shape index (κ2) is 5.78. The van der Waals surface area contributed by atoms with Gasteiger partial charge in [0, 0.05) is 6.04 Å². The molecular formula is C12H20N2. The van der Waals surface area contributed by atoms with Crippen LogP contribution in [0.1, 0.15) is 36.9 Å². The Labute approximate surface area is 86.3 Å². The minimum Gasteiger partial charge on any atom is -0.330 e. The third-order valence-corrected chi connectivity index (χ3v) is 2.54. The molecule has 0 aliphatic heterocycles. The van der Waals surface area contributed by atoms with Crippen LogP contribution in [0.3, 0.4) is 0 Å². The number of benzene rings is 1. The zero-order valence-electron chi connectivity index (χ0n) is 8.87. The van der Waals surface area contributed by atoms with Crippen molar-refractivity contribution in [1.29, 1.82) is 0 Å². The summed E-state index contributed by atoms with van der Waals surface area (Å²) >= 11 is 0. The van der Waals surface area contributed by atoms with Gasteiger partial charge in [-0.2, -0.15) is 0 Å². The molecule has 1 rings (SSSR count). The van der Waals surface area contributed by atoms with E-state index >= 15 is 0 Å². The lowest BCUT2D eigenvalue weighted by atomic mass is 10.0. The smallest absolute Gasteiger partial charge is 0.0295 e. The van der Waals surface area contributed by atoms with Gasteiger partial charge in [0.05, 0.1) is 0 Å². The molecule has 1 atom stereocenters. The van der Waals surface area contributed by atoms with Crippen LogP contribution in [0.25, 0.3) is 0 Å². The Morgan fingerprint density at radius 3 is 2.36 bits per heavy atom. The Hall–Kier alpha value is -0.860. The number of hydrogen-bond acceptors (Lipinski definition) is 2. The molecule has 0 fully saturated rings. The van der Waals surface area contributed by atoms with Crippen molar-refractivity contribution in [3.8, 4) is 0 Å². The zero-order valence-corrected chi connectivity index (χ0v) is 8.87. The summed E-state index contributed by atoms with van der Waals surface area (Å²) in [4.78, 5) is 0. The molecule has 78 valence electrons. The SMILES string of the molecule is CCc1ccc([C@@H](N)CCCN)cc1. The van der Waals surface area contributed by atoms with Crippen LogP contribution in [0, 0.1) is 0 Å². The molecule has 2 heteroatoms. The third-order valence-electron chi connectivity index (χ3n) is 2.54. The van der Waals surface area contributed by atoms with Crippen LogP contribution in [0.2, 0.25) is 0 Å².